The van der Waals surface area contributed by atoms with Crippen LogP contribution < -0.4 is 0 Å². The van der Waals surface area contributed by atoms with Crippen LogP contribution in [0.25, 0.3) is 0 Å². The zero-order valence-corrected chi connectivity index (χ0v) is 17.5. The quantitative estimate of drug-likeness (QED) is 0.560. The predicted molar refractivity (Wildman–Crippen MR) is 96.5 cm³/mol. The van der Waals surface area contributed by atoms with Crippen molar-refractivity contribution < 1.29 is 8.42 Å². The molecule has 3 nitrogen and oxygen atoms in total. The molecule has 0 aromatic heterocycles. The van der Waals surface area contributed by atoms with Gasteiger partial charge in [0.2, 0.25) is 10.0 Å². The monoisotopic (exact) mass is 501 g/mol. The van der Waals surface area contributed by atoms with Gasteiger partial charge in [0, 0.05) is 26.9 Å². The largest absolute Gasteiger partial charge is 0.244 e. The van der Waals surface area contributed by atoms with Crippen LogP contribution in [0.3, 0.4) is 0 Å². The van der Waals surface area contributed by atoms with E-state index in [9.17, 15) is 8.42 Å². The third-order valence-corrected chi connectivity index (χ3v) is 8.44. The van der Waals surface area contributed by atoms with E-state index >= 15 is 0 Å². The number of benzene rings is 1. The predicted octanol–water partition coefficient (Wildman–Crippen LogP) is 4.70. The molecule has 118 valence electrons. The second-order valence-electron chi connectivity index (χ2n) is 5.45. The molecule has 1 fully saturated rings. The maximum atomic E-state index is 12.8. The highest BCUT2D eigenvalue weighted by Gasteiger charge is 2.32. The number of aryl methyl sites for hydroxylation is 1. The van der Waals surface area contributed by atoms with Crippen molar-refractivity contribution in [2.24, 2.45) is 5.92 Å². The van der Waals surface area contributed by atoms with Gasteiger partial charge < -0.3 is 0 Å². The first-order chi connectivity index (χ1) is 9.73. The number of halogens is 3. The zero-order chi connectivity index (χ0) is 15.8. The van der Waals surface area contributed by atoms with Crippen LogP contribution in [-0.4, -0.2) is 30.6 Å². The normalized spacial score (nSPS) is 19.7. The van der Waals surface area contributed by atoms with Crippen molar-refractivity contribution in [2.75, 3.05) is 13.1 Å². The average molecular weight is 504 g/mol. The zero-order valence-electron chi connectivity index (χ0n) is 11.9. The van der Waals surface area contributed by atoms with Gasteiger partial charge in [-0.2, -0.15) is 4.31 Å². The van der Waals surface area contributed by atoms with Gasteiger partial charge in [0.05, 0.1) is 4.90 Å². The molecule has 1 unspecified atom stereocenters. The van der Waals surface area contributed by atoms with Gasteiger partial charge in [-0.15, -0.1) is 0 Å². The molecule has 1 aromatic rings. The van der Waals surface area contributed by atoms with Crippen LogP contribution in [0, 0.1) is 12.8 Å². The van der Waals surface area contributed by atoms with Crippen molar-refractivity contribution in [3.8, 4) is 0 Å². The summed E-state index contributed by atoms with van der Waals surface area (Å²) in [5, 5.41) is 0. The lowest BCUT2D eigenvalue weighted by molar-refractivity contribution is 0.274. The second-order valence-corrected chi connectivity index (χ2v) is 10.5. The lowest BCUT2D eigenvalue weighted by Crippen LogP contribution is -2.40. The molecule has 1 atom stereocenters. The Labute approximate surface area is 151 Å². The topological polar surface area (TPSA) is 37.4 Å². The molecular weight excluding hydrogens is 486 g/mol. The number of hydrogen-bond donors (Lipinski definition) is 0. The first kappa shape index (κ1) is 17.9. The molecule has 0 radical (unpaired) electrons. The summed E-state index contributed by atoms with van der Waals surface area (Å²) in [6.45, 7) is 5.23. The number of rotatable bonds is 3. The first-order valence-corrected chi connectivity index (χ1v) is 10.8. The molecule has 7 heteroatoms. The third-order valence-electron chi connectivity index (χ3n) is 3.98. The molecule has 1 heterocycles. The maximum absolute atomic E-state index is 12.8. The average Bonchev–Trinajstić information content (AvgIpc) is 2.42. The summed E-state index contributed by atoms with van der Waals surface area (Å²) in [6, 6.07) is 3.53. The smallest absolute Gasteiger partial charge is 0.207 e. The van der Waals surface area contributed by atoms with Crippen molar-refractivity contribution in [3.63, 3.8) is 0 Å². The molecule has 21 heavy (non-hydrogen) atoms. The Balaban J connectivity index is 2.26. The molecule has 1 saturated heterocycles. The third kappa shape index (κ3) is 3.91. The Morgan fingerprint density at radius 3 is 2.29 bits per heavy atom. The Morgan fingerprint density at radius 1 is 1.19 bits per heavy atom. The number of hydrogen-bond acceptors (Lipinski definition) is 2. The maximum Gasteiger partial charge on any atom is 0.244 e. The summed E-state index contributed by atoms with van der Waals surface area (Å²) in [7, 11) is -3.44. The van der Waals surface area contributed by atoms with Gasteiger partial charge in [0.15, 0.2) is 0 Å². The van der Waals surface area contributed by atoms with E-state index in [1.54, 1.807) is 10.4 Å². The van der Waals surface area contributed by atoms with E-state index in [0.29, 0.717) is 33.2 Å². The van der Waals surface area contributed by atoms with Crippen LogP contribution in [-0.2, 0) is 10.0 Å². The van der Waals surface area contributed by atoms with Gasteiger partial charge >= 0.3 is 0 Å². The molecular formula is C14H18Br3NO2S. The van der Waals surface area contributed by atoms with Gasteiger partial charge in [-0.05, 0) is 59.3 Å². The summed E-state index contributed by atoms with van der Waals surface area (Å²) < 4.78 is 28.7. The fraction of sp³-hybridized carbons (Fsp3) is 0.571. The number of alkyl halides is 1. The van der Waals surface area contributed by atoms with Crippen LogP contribution >= 0.6 is 47.8 Å². The summed E-state index contributed by atoms with van der Waals surface area (Å²) in [5.41, 5.74) is 1.01. The lowest BCUT2D eigenvalue weighted by atomic mass is 9.96. The van der Waals surface area contributed by atoms with Crippen LogP contribution in [0.2, 0.25) is 0 Å². The van der Waals surface area contributed by atoms with Crippen molar-refractivity contribution >= 4 is 57.8 Å². The van der Waals surface area contributed by atoms with Crippen LogP contribution in [0.4, 0.5) is 0 Å². The van der Waals surface area contributed by atoms with E-state index in [4.69, 9.17) is 0 Å². The lowest BCUT2D eigenvalue weighted by Gasteiger charge is -2.32. The van der Waals surface area contributed by atoms with E-state index in [0.717, 1.165) is 22.9 Å². The van der Waals surface area contributed by atoms with Crippen LogP contribution in [0.5, 0.6) is 0 Å². The van der Waals surface area contributed by atoms with Gasteiger partial charge in [-0.1, -0.05) is 38.8 Å². The Hall–Kier alpha value is 0.570. The number of sulfonamides is 1. The van der Waals surface area contributed by atoms with E-state index in [1.807, 2.05) is 13.0 Å². The Morgan fingerprint density at radius 2 is 1.76 bits per heavy atom. The highest BCUT2D eigenvalue weighted by atomic mass is 79.9. The fourth-order valence-electron chi connectivity index (χ4n) is 2.54. The van der Waals surface area contributed by atoms with Crippen LogP contribution in [0.15, 0.2) is 26.0 Å². The van der Waals surface area contributed by atoms with Crippen LogP contribution in [0.1, 0.15) is 25.3 Å². The minimum absolute atomic E-state index is 0.338. The molecule has 1 aliphatic heterocycles. The van der Waals surface area contributed by atoms with Crippen molar-refractivity contribution in [1.82, 2.24) is 4.31 Å². The SMILES string of the molecule is Cc1cc(Br)c(S(=O)(=O)N2CCC(C(C)Br)CC2)cc1Br. The number of nitrogens with zero attached hydrogens (tertiary/aromatic N) is 1. The minimum Gasteiger partial charge on any atom is -0.207 e. The van der Waals surface area contributed by atoms with E-state index in [-0.39, 0.29) is 0 Å². The van der Waals surface area contributed by atoms with Crippen molar-refractivity contribution in [1.29, 1.82) is 0 Å². The molecule has 1 aliphatic rings. The standard InChI is InChI=1S/C14H18Br3NO2S/c1-9-7-13(17)14(8-12(9)16)21(19,20)18-5-3-11(4-6-18)10(2)15/h7-8,10-11H,3-6H2,1-2H3. The molecule has 2 rings (SSSR count). The van der Waals surface area contributed by atoms with Gasteiger partial charge in [0.25, 0.3) is 0 Å². The summed E-state index contributed by atoms with van der Waals surface area (Å²) in [5.74, 6) is 0.546. The molecule has 0 spiro atoms. The first-order valence-electron chi connectivity index (χ1n) is 6.83. The second kappa shape index (κ2) is 6.99. The summed E-state index contributed by atoms with van der Waals surface area (Å²) >= 11 is 10.4. The van der Waals surface area contributed by atoms with Crippen molar-refractivity contribution in [2.45, 2.75) is 36.4 Å². The fourth-order valence-corrected chi connectivity index (χ4v) is 6.18. The molecule has 0 bridgehead atoms. The van der Waals surface area contributed by atoms with E-state index < -0.39 is 10.0 Å². The van der Waals surface area contributed by atoms with Crippen molar-refractivity contribution in [3.05, 3.63) is 26.6 Å². The molecule has 1 aromatic carbocycles. The van der Waals surface area contributed by atoms with E-state index in [1.165, 1.54) is 0 Å². The van der Waals surface area contributed by atoms with E-state index in [2.05, 4.69) is 54.7 Å². The molecule has 0 N–H and O–H groups in total. The van der Waals surface area contributed by atoms with Gasteiger partial charge in [-0.3, -0.25) is 0 Å². The Bertz CT molecular complexity index is 623. The molecule has 0 aliphatic carbocycles. The minimum atomic E-state index is -3.44. The van der Waals surface area contributed by atoms with Gasteiger partial charge in [-0.25, -0.2) is 8.42 Å². The highest BCUT2D eigenvalue weighted by molar-refractivity contribution is 9.11. The Kier molecular flexibility index (Phi) is 5.96. The molecule has 0 amide bonds. The summed E-state index contributed by atoms with van der Waals surface area (Å²) in [4.78, 5) is 0.771. The van der Waals surface area contributed by atoms with Gasteiger partial charge in [0.1, 0.15) is 0 Å². The number of piperidine rings is 1. The highest BCUT2D eigenvalue weighted by Crippen LogP contribution is 2.33. The summed E-state index contributed by atoms with van der Waals surface area (Å²) in [6.07, 6.45) is 1.80. The molecule has 0 saturated carbocycles.